The van der Waals surface area contributed by atoms with E-state index >= 15 is 0 Å². The van der Waals surface area contributed by atoms with E-state index < -0.39 is 15.9 Å². The molecule has 180 valence electrons. The number of amides is 3. The lowest BCUT2D eigenvalue weighted by Crippen LogP contribution is -2.49. The van der Waals surface area contributed by atoms with Crippen LogP contribution in [-0.4, -0.2) is 72.9 Å². The number of hydrogen-bond acceptors (Lipinski definition) is 6. The fourth-order valence-electron chi connectivity index (χ4n) is 4.26. The zero-order valence-electron chi connectivity index (χ0n) is 19.1. The maximum Gasteiger partial charge on any atom is 0.261 e. The highest BCUT2D eigenvalue weighted by molar-refractivity contribution is 7.89. The average molecular weight is 486 g/mol. The number of rotatable bonds is 7. The van der Waals surface area contributed by atoms with Gasteiger partial charge in [-0.2, -0.15) is 4.31 Å². The number of nitrogens with zero attached hydrogens (tertiary/aromatic N) is 2. The molecule has 2 aliphatic heterocycles. The highest BCUT2D eigenvalue weighted by Crippen LogP contribution is 2.24. The lowest BCUT2D eigenvalue weighted by molar-refractivity contribution is -0.0440. The maximum atomic E-state index is 12.6. The summed E-state index contributed by atoms with van der Waals surface area (Å²) in [5, 5.41) is 2.65. The molecule has 10 heteroatoms. The lowest BCUT2D eigenvalue weighted by atomic mass is 10.1. The van der Waals surface area contributed by atoms with Gasteiger partial charge in [-0.3, -0.25) is 19.3 Å². The summed E-state index contributed by atoms with van der Waals surface area (Å²) in [4.78, 5) is 39.0. The number of hydrogen-bond donors (Lipinski definition) is 1. The highest BCUT2D eigenvalue weighted by Gasteiger charge is 2.35. The van der Waals surface area contributed by atoms with Crippen molar-refractivity contribution in [3.8, 4) is 0 Å². The smallest absolute Gasteiger partial charge is 0.261 e. The largest absolute Gasteiger partial charge is 0.373 e. The number of sulfonamides is 1. The Balaban J connectivity index is 1.35. The molecule has 9 nitrogen and oxygen atoms in total. The van der Waals surface area contributed by atoms with Gasteiger partial charge in [0.25, 0.3) is 17.7 Å². The van der Waals surface area contributed by atoms with Crippen LogP contribution in [0.1, 0.15) is 50.5 Å². The van der Waals surface area contributed by atoms with Crippen LogP contribution < -0.4 is 5.32 Å². The highest BCUT2D eigenvalue weighted by atomic mass is 32.2. The summed E-state index contributed by atoms with van der Waals surface area (Å²) in [6.07, 6.45) is -0.365. The molecule has 0 aliphatic carbocycles. The van der Waals surface area contributed by atoms with Gasteiger partial charge in [-0.1, -0.05) is 24.3 Å². The number of carbonyl (C=O) groups excluding carboxylic acids is 3. The molecular weight excluding hydrogens is 458 g/mol. The van der Waals surface area contributed by atoms with E-state index in [9.17, 15) is 22.8 Å². The van der Waals surface area contributed by atoms with E-state index in [4.69, 9.17) is 4.74 Å². The first-order valence-electron chi connectivity index (χ1n) is 11.1. The first-order valence-corrected chi connectivity index (χ1v) is 12.7. The van der Waals surface area contributed by atoms with Crippen LogP contribution in [0.2, 0.25) is 0 Å². The van der Waals surface area contributed by atoms with Crippen molar-refractivity contribution in [2.45, 2.75) is 32.6 Å². The van der Waals surface area contributed by atoms with Gasteiger partial charge in [0.15, 0.2) is 0 Å². The summed E-state index contributed by atoms with van der Waals surface area (Å²) in [6.45, 7) is 4.24. The van der Waals surface area contributed by atoms with Crippen molar-refractivity contribution in [1.82, 2.24) is 14.5 Å². The monoisotopic (exact) mass is 485 g/mol. The first-order chi connectivity index (χ1) is 16.2. The SMILES string of the molecule is CC1CN(S(=O)(=O)CCNC(=O)c2cccc(CN3C(=O)c4ccccc4C3=O)c2)CC(C)O1. The van der Waals surface area contributed by atoms with Crippen molar-refractivity contribution in [3.05, 3.63) is 70.8 Å². The molecule has 2 aliphatic rings. The molecule has 0 aromatic heterocycles. The minimum absolute atomic E-state index is 0.0370. The third-order valence-electron chi connectivity index (χ3n) is 5.83. The molecule has 2 heterocycles. The third-order valence-corrected chi connectivity index (χ3v) is 7.64. The molecule has 2 unspecified atom stereocenters. The molecule has 2 aromatic carbocycles. The fourth-order valence-corrected chi connectivity index (χ4v) is 5.75. The van der Waals surface area contributed by atoms with Crippen molar-refractivity contribution >= 4 is 27.7 Å². The van der Waals surface area contributed by atoms with Crippen LogP contribution in [0.25, 0.3) is 0 Å². The normalized spacial score (nSPS) is 20.9. The zero-order valence-corrected chi connectivity index (χ0v) is 19.9. The molecule has 3 amide bonds. The van der Waals surface area contributed by atoms with Gasteiger partial charge in [-0.25, -0.2) is 8.42 Å². The van der Waals surface area contributed by atoms with Crippen molar-refractivity contribution in [3.63, 3.8) is 0 Å². The molecule has 1 N–H and O–H groups in total. The predicted molar refractivity (Wildman–Crippen MR) is 125 cm³/mol. The Morgan fingerprint density at radius 2 is 1.62 bits per heavy atom. The number of carbonyl (C=O) groups is 3. The quantitative estimate of drug-likeness (QED) is 0.597. The first kappa shape index (κ1) is 24.1. The molecule has 1 saturated heterocycles. The fraction of sp³-hybridized carbons (Fsp3) is 0.375. The number of imide groups is 1. The van der Waals surface area contributed by atoms with E-state index in [-0.39, 0.29) is 42.9 Å². The van der Waals surface area contributed by atoms with Gasteiger partial charge < -0.3 is 10.1 Å². The van der Waals surface area contributed by atoms with Crippen LogP contribution in [0.4, 0.5) is 0 Å². The Kier molecular flexibility index (Phi) is 6.83. The van der Waals surface area contributed by atoms with Gasteiger partial charge in [0.1, 0.15) is 0 Å². The predicted octanol–water partition coefficient (Wildman–Crippen LogP) is 1.65. The van der Waals surface area contributed by atoms with Crippen LogP contribution in [0.15, 0.2) is 48.5 Å². The Hall–Kier alpha value is -3.08. The van der Waals surface area contributed by atoms with Gasteiger partial charge in [0, 0.05) is 25.2 Å². The van der Waals surface area contributed by atoms with E-state index in [0.29, 0.717) is 35.3 Å². The van der Waals surface area contributed by atoms with Crippen LogP contribution in [0.5, 0.6) is 0 Å². The average Bonchev–Trinajstić information content (AvgIpc) is 3.03. The number of benzene rings is 2. The van der Waals surface area contributed by atoms with Crippen molar-refractivity contribution < 1.29 is 27.5 Å². The number of morpholine rings is 1. The molecular formula is C24H27N3O6S. The van der Waals surface area contributed by atoms with E-state index in [1.165, 1.54) is 4.31 Å². The van der Waals surface area contributed by atoms with E-state index in [0.717, 1.165) is 4.90 Å². The van der Waals surface area contributed by atoms with Gasteiger partial charge >= 0.3 is 0 Å². The Labute approximate surface area is 198 Å². The second-order valence-corrected chi connectivity index (χ2v) is 10.7. The van der Waals surface area contributed by atoms with Gasteiger partial charge in [0.05, 0.1) is 35.6 Å². The summed E-state index contributed by atoms with van der Waals surface area (Å²) in [5.41, 5.74) is 1.67. The minimum Gasteiger partial charge on any atom is -0.373 e. The minimum atomic E-state index is -3.53. The van der Waals surface area contributed by atoms with Crippen LogP contribution >= 0.6 is 0 Å². The van der Waals surface area contributed by atoms with Crippen LogP contribution in [0.3, 0.4) is 0 Å². The van der Waals surface area contributed by atoms with Crippen molar-refractivity contribution in [2.75, 3.05) is 25.4 Å². The molecule has 2 atom stereocenters. The van der Waals surface area contributed by atoms with Gasteiger partial charge in [0.2, 0.25) is 10.0 Å². The van der Waals surface area contributed by atoms with Crippen LogP contribution in [0, 0.1) is 0 Å². The second-order valence-electron chi connectivity index (χ2n) is 8.59. The van der Waals surface area contributed by atoms with Gasteiger partial charge in [-0.15, -0.1) is 0 Å². The van der Waals surface area contributed by atoms with Crippen LogP contribution in [-0.2, 0) is 21.3 Å². The van der Waals surface area contributed by atoms with Crippen molar-refractivity contribution in [2.24, 2.45) is 0 Å². The summed E-state index contributed by atoms with van der Waals surface area (Å²) < 4.78 is 32.3. The molecule has 0 bridgehead atoms. The molecule has 4 rings (SSSR count). The Bertz CT molecular complexity index is 1180. The number of ether oxygens (including phenoxy) is 1. The molecule has 1 fully saturated rings. The second kappa shape index (κ2) is 9.65. The van der Waals surface area contributed by atoms with E-state index in [1.54, 1.807) is 48.5 Å². The maximum absolute atomic E-state index is 12.6. The molecule has 0 spiro atoms. The molecule has 2 aromatic rings. The lowest BCUT2D eigenvalue weighted by Gasteiger charge is -2.34. The molecule has 34 heavy (non-hydrogen) atoms. The Morgan fingerprint density at radius 3 is 2.24 bits per heavy atom. The molecule has 0 saturated carbocycles. The number of nitrogens with one attached hydrogen (secondary N) is 1. The third kappa shape index (κ3) is 5.03. The van der Waals surface area contributed by atoms with E-state index in [1.807, 2.05) is 13.8 Å². The van der Waals surface area contributed by atoms with Crippen molar-refractivity contribution in [1.29, 1.82) is 0 Å². The summed E-state index contributed by atoms with van der Waals surface area (Å²) in [7, 11) is -3.53. The molecule has 0 radical (unpaired) electrons. The number of fused-ring (bicyclic) bond motifs is 1. The Morgan fingerprint density at radius 1 is 1.00 bits per heavy atom. The summed E-state index contributed by atoms with van der Waals surface area (Å²) in [5.74, 6) is -1.38. The summed E-state index contributed by atoms with van der Waals surface area (Å²) in [6, 6.07) is 13.2. The van der Waals surface area contributed by atoms with E-state index in [2.05, 4.69) is 5.32 Å². The summed E-state index contributed by atoms with van der Waals surface area (Å²) >= 11 is 0. The standard InChI is InChI=1S/C24H27N3O6S/c1-16-13-26(14-17(2)33-16)34(31,32)11-10-25-22(28)19-7-5-6-18(12-19)15-27-23(29)20-8-3-4-9-21(20)24(27)30/h3-9,12,16-17H,10-11,13-15H2,1-2H3,(H,25,28). The van der Waals surface area contributed by atoms with Gasteiger partial charge in [-0.05, 0) is 43.7 Å². The topological polar surface area (TPSA) is 113 Å². The zero-order chi connectivity index (χ0) is 24.5.